The minimum absolute atomic E-state index is 0.186. The summed E-state index contributed by atoms with van der Waals surface area (Å²) in [6.07, 6.45) is 5.57. The van der Waals surface area contributed by atoms with Gasteiger partial charge in [0.1, 0.15) is 6.33 Å². The molecule has 1 aromatic heterocycles. The number of nitrogens with zero attached hydrogens (tertiary/aromatic N) is 3. The Bertz CT molecular complexity index is 604. The molecule has 0 bridgehead atoms. The Morgan fingerprint density at radius 3 is 2.84 bits per heavy atom. The van der Waals surface area contributed by atoms with Gasteiger partial charge in [-0.1, -0.05) is 6.07 Å². The first-order valence-electron chi connectivity index (χ1n) is 5.82. The van der Waals surface area contributed by atoms with Crippen molar-refractivity contribution in [3.05, 3.63) is 59.7 Å². The van der Waals surface area contributed by atoms with Gasteiger partial charge in [-0.2, -0.15) is 5.26 Å². The fourth-order valence-electron chi connectivity index (χ4n) is 1.61. The van der Waals surface area contributed by atoms with Crippen LogP contribution in [-0.2, 0) is 6.42 Å². The number of hydrogen-bond acceptors (Lipinski definition) is 4. The van der Waals surface area contributed by atoms with Crippen LogP contribution in [0.15, 0.2) is 43.0 Å². The second-order valence-electron chi connectivity index (χ2n) is 3.95. The van der Waals surface area contributed by atoms with Crippen LogP contribution in [0.4, 0.5) is 0 Å². The Kier molecular flexibility index (Phi) is 4.19. The number of carbonyl (C=O) groups is 1. The molecule has 2 rings (SSSR count). The first kappa shape index (κ1) is 12.7. The van der Waals surface area contributed by atoms with Gasteiger partial charge in [0, 0.05) is 24.5 Å². The first-order chi connectivity index (χ1) is 9.29. The van der Waals surface area contributed by atoms with Crippen LogP contribution in [0.25, 0.3) is 0 Å². The largest absolute Gasteiger partial charge is 0.352 e. The van der Waals surface area contributed by atoms with Crippen molar-refractivity contribution in [2.75, 3.05) is 6.54 Å². The highest BCUT2D eigenvalue weighted by Gasteiger charge is 2.05. The number of nitrogens with one attached hydrogen (secondary N) is 1. The highest BCUT2D eigenvalue weighted by molar-refractivity contribution is 5.94. The van der Waals surface area contributed by atoms with Gasteiger partial charge < -0.3 is 5.32 Å². The lowest BCUT2D eigenvalue weighted by Gasteiger charge is -2.05. The topological polar surface area (TPSA) is 78.7 Å². The van der Waals surface area contributed by atoms with Crippen molar-refractivity contribution in [1.29, 1.82) is 5.26 Å². The monoisotopic (exact) mass is 252 g/mol. The summed E-state index contributed by atoms with van der Waals surface area (Å²) in [5.41, 5.74) is 1.93. The quantitative estimate of drug-likeness (QED) is 0.890. The fraction of sp³-hybridized carbons (Fsp3) is 0.143. The maximum absolute atomic E-state index is 11.9. The number of benzene rings is 1. The van der Waals surface area contributed by atoms with Gasteiger partial charge in [0.15, 0.2) is 0 Å². The molecule has 5 heteroatoms. The molecule has 0 radical (unpaired) electrons. The van der Waals surface area contributed by atoms with Gasteiger partial charge in [-0.15, -0.1) is 0 Å². The van der Waals surface area contributed by atoms with Gasteiger partial charge in [0.2, 0.25) is 0 Å². The van der Waals surface area contributed by atoms with E-state index in [4.69, 9.17) is 5.26 Å². The Labute approximate surface area is 110 Å². The number of aromatic nitrogens is 2. The van der Waals surface area contributed by atoms with Gasteiger partial charge in [0.05, 0.1) is 11.6 Å². The smallest absolute Gasteiger partial charge is 0.251 e. The molecule has 0 saturated carbocycles. The predicted molar refractivity (Wildman–Crippen MR) is 69.2 cm³/mol. The molecule has 1 heterocycles. The van der Waals surface area contributed by atoms with Crippen LogP contribution in [0.5, 0.6) is 0 Å². The molecule has 94 valence electrons. The summed E-state index contributed by atoms with van der Waals surface area (Å²) < 4.78 is 0. The fourth-order valence-corrected chi connectivity index (χ4v) is 1.61. The molecule has 0 unspecified atom stereocenters. The van der Waals surface area contributed by atoms with Crippen molar-refractivity contribution in [3.63, 3.8) is 0 Å². The average molecular weight is 252 g/mol. The molecular weight excluding hydrogens is 240 g/mol. The molecule has 0 aliphatic carbocycles. The molecule has 0 aliphatic rings. The van der Waals surface area contributed by atoms with Gasteiger partial charge in [-0.25, -0.2) is 9.97 Å². The van der Waals surface area contributed by atoms with Crippen LogP contribution in [0, 0.1) is 11.3 Å². The Hall–Kier alpha value is -2.74. The Morgan fingerprint density at radius 2 is 2.11 bits per heavy atom. The van der Waals surface area contributed by atoms with E-state index in [2.05, 4.69) is 15.3 Å². The van der Waals surface area contributed by atoms with Gasteiger partial charge in [-0.05, 0) is 30.2 Å². The second kappa shape index (κ2) is 6.26. The van der Waals surface area contributed by atoms with Crippen molar-refractivity contribution < 1.29 is 4.79 Å². The van der Waals surface area contributed by atoms with E-state index >= 15 is 0 Å². The lowest BCUT2D eigenvalue weighted by Crippen LogP contribution is -2.25. The van der Waals surface area contributed by atoms with Crippen molar-refractivity contribution in [2.24, 2.45) is 0 Å². The molecule has 1 aromatic carbocycles. The number of rotatable bonds is 4. The van der Waals surface area contributed by atoms with Gasteiger partial charge >= 0.3 is 0 Å². The van der Waals surface area contributed by atoms with Crippen LogP contribution in [-0.4, -0.2) is 22.4 Å². The maximum atomic E-state index is 11.9. The predicted octanol–water partition coefficient (Wildman–Crippen LogP) is 1.32. The molecule has 0 aliphatic heterocycles. The van der Waals surface area contributed by atoms with E-state index < -0.39 is 0 Å². The van der Waals surface area contributed by atoms with Crippen molar-refractivity contribution in [2.45, 2.75) is 6.42 Å². The van der Waals surface area contributed by atoms with Crippen LogP contribution >= 0.6 is 0 Å². The maximum Gasteiger partial charge on any atom is 0.251 e. The molecule has 1 N–H and O–H groups in total. The highest BCUT2D eigenvalue weighted by atomic mass is 16.1. The zero-order valence-corrected chi connectivity index (χ0v) is 10.2. The van der Waals surface area contributed by atoms with E-state index in [0.717, 1.165) is 5.56 Å². The third-order valence-electron chi connectivity index (χ3n) is 2.57. The standard InChI is InChI=1S/C14H12N4O/c15-7-11-2-1-3-13(6-11)14(19)18-5-4-12-8-16-10-17-9-12/h1-3,6,8-10H,4-5H2,(H,18,19). The Morgan fingerprint density at radius 1 is 1.32 bits per heavy atom. The van der Waals surface area contributed by atoms with Crippen molar-refractivity contribution >= 4 is 5.91 Å². The average Bonchev–Trinajstić information content (AvgIpc) is 2.48. The van der Waals surface area contributed by atoms with Gasteiger partial charge in [-0.3, -0.25) is 4.79 Å². The van der Waals surface area contributed by atoms with Crippen LogP contribution < -0.4 is 5.32 Å². The minimum Gasteiger partial charge on any atom is -0.352 e. The zero-order chi connectivity index (χ0) is 13.5. The molecule has 0 fully saturated rings. The zero-order valence-electron chi connectivity index (χ0n) is 10.2. The van der Waals surface area contributed by atoms with E-state index in [1.807, 2.05) is 6.07 Å². The number of hydrogen-bond donors (Lipinski definition) is 1. The van der Waals surface area contributed by atoms with E-state index in [9.17, 15) is 4.79 Å². The summed E-state index contributed by atoms with van der Waals surface area (Å²) in [4.78, 5) is 19.7. The summed E-state index contributed by atoms with van der Waals surface area (Å²) in [5.74, 6) is -0.186. The van der Waals surface area contributed by atoms with E-state index in [1.165, 1.54) is 6.33 Å². The third kappa shape index (κ3) is 3.61. The SMILES string of the molecule is N#Cc1cccc(C(=O)NCCc2cncnc2)c1. The summed E-state index contributed by atoms with van der Waals surface area (Å²) in [7, 11) is 0. The minimum atomic E-state index is -0.186. The molecule has 0 spiro atoms. The van der Waals surface area contributed by atoms with E-state index in [-0.39, 0.29) is 5.91 Å². The molecule has 5 nitrogen and oxygen atoms in total. The van der Waals surface area contributed by atoms with E-state index in [1.54, 1.807) is 36.7 Å². The third-order valence-corrected chi connectivity index (χ3v) is 2.57. The summed E-state index contributed by atoms with van der Waals surface area (Å²) >= 11 is 0. The molecule has 0 saturated heterocycles. The summed E-state index contributed by atoms with van der Waals surface area (Å²) in [6.45, 7) is 0.503. The van der Waals surface area contributed by atoms with E-state index in [0.29, 0.717) is 24.1 Å². The van der Waals surface area contributed by atoms with Crippen LogP contribution in [0.1, 0.15) is 21.5 Å². The van der Waals surface area contributed by atoms with Crippen LogP contribution in [0.3, 0.4) is 0 Å². The van der Waals surface area contributed by atoms with Gasteiger partial charge in [0.25, 0.3) is 5.91 Å². The summed E-state index contributed by atoms with van der Waals surface area (Å²) in [5, 5.41) is 11.6. The van der Waals surface area contributed by atoms with Crippen molar-refractivity contribution in [1.82, 2.24) is 15.3 Å². The summed E-state index contributed by atoms with van der Waals surface area (Å²) in [6, 6.07) is 8.62. The van der Waals surface area contributed by atoms with Crippen LogP contribution in [0.2, 0.25) is 0 Å². The molecular formula is C14H12N4O. The number of carbonyl (C=O) groups excluding carboxylic acids is 1. The molecule has 2 aromatic rings. The number of amides is 1. The second-order valence-corrected chi connectivity index (χ2v) is 3.95. The highest BCUT2D eigenvalue weighted by Crippen LogP contribution is 2.04. The first-order valence-corrected chi connectivity index (χ1v) is 5.82. The lowest BCUT2D eigenvalue weighted by atomic mass is 10.1. The molecule has 0 atom stereocenters. The molecule has 1 amide bonds. The number of nitriles is 1. The normalized spacial score (nSPS) is 9.63. The Balaban J connectivity index is 1.89. The lowest BCUT2D eigenvalue weighted by molar-refractivity contribution is 0.0954. The molecule has 19 heavy (non-hydrogen) atoms. The van der Waals surface area contributed by atoms with Crippen molar-refractivity contribution in [3.8, 4) is 6.07 Å².